The van der Waals surface area contributed by atoms with Crippen molar-refractivity contribution in [2.45, 2.75) is 58.4 Å². The summed E-state index contributed by atoms with van der Waals surface area (Å²) in [6.45, 7) is 5.28. The van der Waals surface area contributed by atoms with Gasteiger partial charge in [-0.05, 0) is 0 Å². The van der Waals surface area contributed by atoms with E-state index in [2.05, 4.69) is 0 Å². The van der Waals surface area contributed by atoms with Crippen LogP contribution in [-0.2, 0) is 47.6 Å². The van der Waals surface area contributed by atoms with Gasteiger partial charge >= 0.3 is 23.9 Å². The van der Waals surface area contributed by atoms with Crippen molar-refractivity contribution in [3.05, 3.63) is 0 Å². The van der Waals surface area contributed by atoms with Crippen molar-refractivity contribution in [3.8, 4) is 0 Å². The Kier molecular flexibility index (Phi) is 12.0. The highest BCUT2D eigenvalue weighted by molar-refractivity contribution is 5.68. The molecule has 0 aromatic carbocycles. The SMILES string of the molecule is CC(=O)OC[C@H]1O[C@H](OCC[N+](C)(C)C)[C@H](OC(C)=O)[C@@H](OC(C)=O)[C@@H]1OC(C)=O.[Cl-]. The standard InChI is InChI=1S/C19H32NO10.ClH/c1-11(21)26-10-15-16(27-12(2)22)17(28-13(3)23)18(29-14(4)24)19(30-15)25-9-8-20(5,6)7;/h15-19H,8-10H2,1-7H3;1H/q+1;/p-1/t15-,16-,17+,18-,19+;/m1./s1. The number of rotatable bonds is 9. The van der Waals surface area contributed by atoms with Gasteiger partial charge in [0.1, 0.15) is 19.3 Å². The Morgan fingerprint density at radius 1 is 0.774 bits per heavy atom. The van der Waals surface area contributed by atoms with Crippen LogP contribution in [0.4, 0.5) is 0 Å². The van der Waals surface area contributed by atoms with Crippen LogP contribution < -0.4 is 12.4 Å². The van der Waals surface area contributed by atoms with Gasteiger partial charge in [-0.2, -0.15) is 0 Å². The number of halogens is 1. The summed E-state index contributed by atoms with van der Waals surface area (Å²) in [5.41, 5.74) is 0. The van der Waals surface area contributed by atoms with Gasteiger partial charge in [0.25, 0.3) is 0 Å². The summed E-state index contributed by atoms with van der Waals surface area (Å²) in [5.74, 6) is -2.61. The second-order valence-corrected chi connectivity index (χ2v) is 7.95. The molecule has 5 atom stereocenters. The Hall–Kier alpha value is -1.95. The van der Waals surface area contributed by atoms with Crippen molar-refractivity contribution >= 4 is 23.9 Å². The van der Waals surface area contributed by atoms with E-state index in [1.165, 1.54) is 27.7 Å². The molecule has 0 aromatic rings. The molecule has 0 aliphatic carbocycles. The minimum atomic E-state index is -1.22. The van der Waals surface area contributed by atoms with Gasteiger partial charge in [0.05, 0.1) is 27.7 Å². The zero-order valence-corrected chi connectivity index (χ0v) is 19.7. The summed E-state index contributed by atoms with van der Waals surface area (Å²) in [7, 11) is 5.91. The predicted molar refractivity (Wildman–Crippen MR) is 101 cm³/mol. The average Bonchev–Trinajstić information content (AvgIpc) is 2.55. The quantitative estimate of drug-likeness (QED) is 0.194. The topological polar surface area (TPSA) is 124 Å². The number of hydrogen-bond acceptors (Lipinski definition) is 10. The predicted octanol–water partition coefficient (Wildman–Crippen LogP) is -3.20. The molecule has 1 saturated heterocycles. The molecule has 1 aliphatic rings. The summed E-state index contributed by atoms with van der Waals surface area (Å²) in [6.07, 6.45) is -5.76. The number of nitrogens with zero attached hydrogens (tertiary/aromatic N) is 1. The van der Waals surface area contributed by atoms with E-state index in [4.69, 9.17) is 28.4 Å². The molecule has 0 unspecified atom stereocenters. The fourth-order valence-electron chi connectivity index (χ4n) is 2.77. The Morgan fingerprint density at radius 3 is 1.71 bits per heavy atom. The molecule has 12 heteroatoms. The van der Waals surface area contributed by atoms with E-state index in [-0.39, 0.29) is 25.6 Å². The van der Waals surface area contributed by atoms with Crippen LogP contribution in [0.5, 0.6) is 0 Å². The van der Waals surface area contributed by atoms with E-state index in [9.17, 15) is 19.2 Å². The first kappa shape index (κ1) is 29.1. The molecule has 0 amide bonds. The molecular weight excluding hydrogens is 438 g/mol. The van der Waals surface area contributed by atoms with Crippen molar-refractivity contribution in [1.82, 2.24) is 0 Å². The van der Waals surface area contributed by atoms with Crippen LogP contribution >= 0.6 is 0 Å². The molecule has 0 saturated carbocycles. The van der Waals surface area contributed by atoms with Crippen molar-refractivity contribution in [1.29, 1.82) is 0 Å². The zero-order chi connectivity index (χ0) is 23.1. The molecule has 1 aliphatic heterocycles. The maximum Gasteiger partial charge on any atom is 0.303 e. The smallest absolute Gasteiger partial charge is 0.303 e. The lowest BCUT2D eigenvalue weighted by atomic mass is 9.98. The molecule has 0 N–H and O–H groups in total. The molecule has 0 aromatic heterocycles. The normalized spacial score (nSPS) is 25.6. The Labute approximate surface area is 188 Å². The lowest BCUT2D eigenvalue weighted by Crippen LogP contribution is -3.00. The maximum atomic E-state index is 11.7. The van der Waals surface area contributed by atoms with E-state index in [0.717, 1.165) is 0 Å². The monoisotopic (exact) mass is 469 g/mol. The number of ether oxygens (including phenoxy) is 6. The van der Waals surface area contributed by atoms with E-state index >= 15 is 0 Å². The van der Waals surface area contributed by atoms with E-state index < -0.39 is 54.6 Å². The summed E-state index contributed by atoms with van der Waals surface area (Å²) in [6, 6.07) is 0. The van der Waals surface area contributed by atoms with Crippen LogP contribution in [0.25, 0.3) is 0 Å². The molecule has 0 spiro atoms. The van der Waals surface area contributed by atoms with Crippen LogP contribution in [0, 0.1) is 0 Å². The fourth-order valence-corrected chi connectivity index (χ4v) is 2.77. The Morgan fingerprint density at radius 2 is 1.26 bits per heavy atom. The number of carbonyl (C=O) groups excluding carboxylic acids is 4. The fraction of sp³-hybridized carbons (Fsp3) is 0.789. The van der Waals surface area contributed by atoms with Gasteiger partial charge in [-0.25, -0.2) is 0 Å². The highest BCUT2D eigenvalue weighted by Crippen LogP contribution is 2.30. The number of quaternary nitrogens is 1. The molecule has 0 bridgehead atoms. The Balaban J connectivity index is 0.00000900. The largest absolute Gasteiger partial charge is 1.00 e. The second-order valence-electron chi connectivity index (χ2n) is 7.95. The van der Waals surface area contributed by atoms with Gasteiger partial charge in [-0.3, -0.25) is 19.2 Å². The number of esters is 4. The summed E-state index contributed by atoms with van der Waals surface area (Å²) in [5, 5.41) is 0. The second kappa shape index (κ2) is 12.8. The third-order valence-electron chi connectivity index (χ3n) is 3.99. The van der Waals surface area contributed by atoms with Crippen molar-refractivity contribution in [2.24, 2.45) is 0 Å². The van der Waals surface area contributed by atoms with Crippen LogP contribution in [0.1, 0.15) is 27.7 Å². The van der Waals surface area contributed by atoms with Crippen molar-refractivity contribution < 1.29 is 64.5 Å². The lowest BCUT2D eigenvalue weighted by molar-refractivity contribution is -0.871. The molecule has 1 fully saturated rings. The molecule has 1 heterocycles. The van der Waals surface area contributed by atoms with Gasteiger partial charge in [-0.15, -0.1) is 0 Å². The molecule has 1 rings (SSSR count). The van der Waals surface area contributed by atoms with Gasteiger partial charge in [0.15, 0.2) is 24.6 Å². The van der Waals surface area contributed by atoms with Gasteiger partial charge in [-0.1, -0.05) is 0 Å². The first-order valence-electron chi connectivity index (χ1n) is 9.52. The summed E-state index contributed by atoms with van der Waals surface area (Å²) in [4.78, 5) is 46.3. The minimum absolute atomic E-state index is 0. The molecule has 11 nitrogen and oxygen atoms in total. The highest BCUT2D eigenvalue weighted by Gasteiger charge is 2.52. The van der Waals surface area contributed by atoms with E-state index in [1.807, 2.05) is 21.1 Å². The number of likely N-dealkylation sites (N-methyl/N-ethyl adjacent to an activating group) is 1. The molecule has 180 valence electrons. The summed E-state index contributed by atoms with van der Waals surface area (Å²) >= 11 is 0. The minimum Gasteiger partial charge on any atom is -1.00 e. The van der Waals surface area contributed by atoms with Crippen LogP contribution in [0.15, 0.2) is 0 Å². The lowest BCUT2D eigenvalue weighted by Gasteiger charge is -2.44. The summed E-state index contributed by atoms with van der Waals surface area (Å²) < 4.78 is 33.2. The van der Waals surface area contributed by atoms with Gasteiger partial charge in [0, 0.05) is 27.7 Å². The number of carbonyl (C=O) groups is 4. The number of hydrogen-bond donors (Lipinski definition) is 0. The molecular formula is C19H32ClNO10. The third-order valence-corrected chi connectivity index (χ3v) is 3.99. The van der Waals surface area contributed by atoms with Crippen LogP contribution in [0.3, 0.4) is 0 Å². The van der Waals surface area contributed by atoms with Gasteiger partial charge in [0.2, 0.25) is 0 Å². The maximum absolute atomic E-state index is 11.7. The highest BCUT2D eigenvalue weighted by atomic mass is 35.5. The third kappa shape index (κ3) is 10.8. The zero-order valence-electron chi connectivity index (χ0n) is 18.9. The van der Waals surface area contributed by atoms with Crippen molar-refractivity contribution in [3.63, 3.8) is 0 Å². The van der Waals surface area contributed by atoms with Gasteiger partial charge < -0.3 is 45.3 Å². The van der Waals surface area contributed by atoms with Crippen LogP contribution in [-0.4, -0.2) is 100.0 Å². The van der Waals surface area contributed by atoms with Crippen LogP contribution in [0.2, 0.25) is 0 Å². The average molecular weight is 470 g/mol. The molecule has 31 heavy (non-hydrogen) atoms. The van der Waals surface area contributed by atoms with E-state index in [0.29, 0.717) is 11.0 Å². The molecule has 0 radical (unpaired) electrons. The first-order valence-corrected chi connectivity index (χ1v) is 9.52. The first-order chi connectivity index (χ1) is 13.8. The van der Waals surface area contributed by atoms with Crippen molar-refractivity contribution in [2.75, 3.05) is 40.9 Å². The van der Waals surface area contributed by atoms with E-state index in [1.54, 1.807) is 0 Å². The Bertz CT molecular complexity index is 636.